The third-order valence-electron chi connectivity index (χ3n) is 3.60. The Bertz CT molecular complexity index is 734. The molecule has 1 N–H and O–H groups in total. The highest BCUT2D eigenvalue weighted by Gasteiger charge is 2.16. The Morgan fingerprint density at radius 1 is 0.960 bits per heavy atom. The predicted octanol–water partition coefficient (Wildman–Crippen LogP) is 4.13. The van der Waals surface area contributed by atoms with Crippen molar-refractivity contribution in [1.29, 1.82) is 0 Å². The Kier molecular flexibility index (Phi) is 6.57. The minimum atomic E-state index is -0.642. The fourth-order valence-corrected chi connectivity index (χ4v) is 2.33. The minimum absolute atomic E-state index is 0.0471. The highest BCUT2D eigenvalue weighted by molar-refractivity contribution is 5.94. The maximum atomic E-state index is 12.3. The van der Waals surface area contributed by atoms with E-state index in [1.165, 1.54) is 30.3 Å². The summed E-state index contributed by atoms with van der Waals surface area (Å²) in [6.07, 6.45) is 2.30. The Balaban J connectivity index is 2.08. The summed E-state index contributed by atoms with van der Waals surface area (Å²) < 4.78 is 10.3. The number of aromatic hydroxyl groups is 1. The Labute approximate surface area is 147 Å². The topological polar surface area (TPSA) is 72.8 Å². The van der Waals surface area contributed by atoms with E-state index in [0.29, 0.717) is 24.2 Å². The number of carbonyl (C=O) groups is 2. The summed E-state index contributed by atoms with van der Waals surface area (Å²) in [5.74, 6) is -0.812. The quantitative estimate of drug-likeness (QED) is 0.605. The van der Waals surface area contributed by atoms with Crippen molar-refractivity contribution in [2.75, 3.05) is 6.61 Å². The average Bonchev–Trinajstić information content (AvgIpc) is 2.62. The van der Waals surface area contributed by atoms with Crippen molar-refractivity contribution in [3.8, 4) is 11.5 Å². The molecule has 5 heteroatoms. The molecule has 0 atom stereocenters. The van der Waals surface area contributed by atoms with E-state index in [-0.39, 0.29) is 17.1 Å². The Morgan fingerprint density at radius 3 is 2.32 bits per heavy atom. The molecule has 0 aliphatic heterocycles. The van der Waals surface area contributed by atoms with E-state index >= 15 is 0 Å². The molecular weight excluding hydrogens is 320 g/mol. The highest BCUT2D eigenvalue weighted by atomic mass is 16.5. The number of rotatable bonds is 7. The molecule has 0 heterocycles. The van der Waals surface area contributed by atoms with Gasteiger partial charge in [-0.15, -0.1) is 0 Å². The van der Waals surface area contributed by atoms with Gasteiger partial charge in [-0.05, 0) is 48.7 Å². The monoisotopic (exact) mass is 342 g/mol. The summed E-state index contributed by atoms with van der Waals surface area (Å²) >= 11 is 0. The first-order valence-electron chi connectivity index (χ1n) is 8.37. The first kappa shape index (κ1) is 18.5. The van der Waals surface area contributed by atoms with Gasteiger partial charge >= 0.3 is 11.9 Å². The molecule has 0 saturated carbocycles. The summed E-state index contributed by atoms with van der Waals surface area (Å²) in [7, 11) is 0. The number of hydrogen-bond donors (Lipinski definition) is 1. The molecule has 0 radical (unpaired) electrons. The number of benzene rings is 2. The molecule has 0 aliphatic carbocycles. The number of hydrogen-bond acceptors (Lipinski definition) is 5. The molecule has 0 fully saturated rings. The van der Waals surface area contributed by atoms with E-state index in [2.05, 4.69) is 0 Å². The molecule has 2 aromatic rings. The molecule has 0 amide bonds. The first-order valence-corrected chi connectivity index (χ1v) is 8.37. The summed E-state index contributed by atoms with van der Waals surface area (Å²) in [4.78, 5) is 24.0. The van der Waals surface area contributed by atoms with E-state index in [1.54, 1.807) is 12.1 Å². The van der Waals surface area contributed by atoms with Gasteiger partial charge < -0.3 is 14.6 Å². The van der Waals surface area contributed by atoms with E-state index in [0.717, 1.165) is 12.8 Å². The van der Waals surface area contributed by atoms with Gasteiger partial charge in [0, 0.05) is 0 Å². The zero-order valence-electron chi connectivity index (χ0n) is 14.5. The predicted molar refractivity (Wildman–Crippen MR) is 94.1 cm³/mol. The molecule has 5 nitrogen and oxygen atoms in total. The lowest BCUT2D eigenvalue weighted by Gasteiger charge is -2.09. The summed E-state index contributed by atoms with van der Waals surface area (Å²) in [6, 6.07) is 11.1. The molecular formula is C20H22O5. The van der Waals surface area contributed by atoms with Crippen molar-refractivity contribution >= 4 is 11.9 Å². The fourth-order valence-electron chi connectivity index (χ4n) is 2.33. The zero-order chi connectivity index (χ0) is 18.2. The van der Waals surface area contributed by atoms with Crippen molar-refractivity contribution in [3.05, 3.63) is 59.2 Å². The van der Waals surface area contributed by atoms with Crippen LogP contribution in [0.1, 0.15) is 53.0 Å². The molecule has 0 unspecified atom stereocenters. The van der Waals surface area contributed by atoms with Gasteiger partial charge in [0.05, 0.1) is 12.2 Å². The number of phenolic OH excluding ortho intramolecular Hbond substituents is 1. The third kappa shape index (κ3) is 4.83. The van der Waals surface area contributed by atoms with Crippen LogP contribution in [0.25, 0.3) is 0 Å². The Morgan fingerprint density at radius 2 is 1.68 bits per heavy atom. The van der Waals surface area contributed by atoms with E-state index in [1.807, 2.05) is 13.8 Å². The number of para-hydroxylation sites is 1. The maximum Gasteiger partial charge on any atom is 0.347 e. The molecule has 0 spiro atoms. The zero-order valence-corrected chi connectivity index (χ0v) is 14.5. The second-order valence-electron chi connectivity index (χ2n) is 5.61. The molecule has 0 aromatic heterocycles. The van der Waals surface area contributed by atoms with Crippen LogP contribution in [0.2, 0.25) is 0 Å². The number of aryl methyl sites for hydroxylation is 1. The van der Waals surface area contributed by atoms with E-state index < -0.39 is 11.9 Å². The standard InChI is InChI=1S/C20H22O5/c1-3-6-14-7-5-8-17(18(14)21)20(23)25-16-11-9-15(10-12-16)19(22)24-13-4-2/h5,7-12,21H,3-4,6,13H2,1-2H3. The number of esters is 2. The first-order chi connectivity index (χ1) is 12.1. The lowest BCUT2D eigenvalue weighted by molar-refractivity contribution is 0.0505. The van der Waals surface area contributed by atoms with Crippen LogP contribution in [0, 0.1) is 0 Å². The molecule has 0 saturated heterocycles. The molecule has 0 bridgehead atoms. The van der Waals surface area contributed by atoms with Crippen LogP contribution in [0.4, 0.5) is 0 Å². The number of carbonyl (C=O) groups excluding carboxylic acids is 2. The van der Waals surface area contributed by atoms with Gasteiger partial charge in [0.1, 0.15) is 17.1 Å². The SMILES string of the molecule is CCCOC(=O)c1ccc(OC(=O)c2cccc(CCC)c2O)cc1. The third-order valence-corrected chi connectivity index (χ3v) is 3.60. The van der Waals surface area contributed by atoms with Crippen molar-refractivity contribution in [2.45, 2.75) is 33.1 Å². The summed E-state index contributed by atoms with van der Waals surface area (Å²) in [5, 5.41) is 10.2. The Hall–Kier alpha value is -2.82. The summed E-state index contributed by atoms with van der Waals surface area (Å²) in [6.45, 7) is 4.28. The maximum absolute atomic E-state index is 12.3. The molecule has 0 aliphatic rings. The van der Waals surface area contributed by atoms with Crippen LogP contribution in [-0.2, 0) is 11.2 Å². The number of phenols is 1. The van der Waals surface area contributed by atoms with Crippen LogP contribution in [0.5, 0.6) is 11.5 Å². The van der Waals surface area contributed by atoms with Crippen molar-refractivity contribution < 1.29 is 24.2 Å². The van der Waals surface area contributed by atoms with E-state index in [4.69, 9.17) is 9.47 Å². The van der Waals surface area contributed by atoms with Crippen LogP contribution in [0.3, 0.4) is 0 Å². The smallest absolute Gasteiger partial charge is 0.347 e. The van der Waals surface area contributed by atoms with Gasteiger partial charge in [0.2, 0.25) is 0 Å². The normalized spacial score (nSPS) is 10.3. The second-order valence-corrected chi connectivity index (χ2v) is 5.61. The second kappa shape index (κ2) is 8.87. The van der Waals surface area contributed by atoms with Gasteiger partial charge in [-0.25, -0.2) is 9.59 Å². The fraction of sp³-hybridized carbons (Fsp3) is 0.300. The van der Waals surface area contributed by atoms with Crippen molar-refractivity contribution in [1.82, 2.24) is 0 Å². The van der Waals surface area contributed by atoms with Crippen molar-refractivity contribution in [3.63, 3.8) is 0 Å². The average molecular weight is 342 g/mol. The van der Waals surface area contributed by atoms with Crippen LogP contribution >= 0.6 is 0 Å². The molecule has 2 rings (SSSR count). The molecule has 25 heavy (non-hydrogen) atoms. The van der Waals surface area contributed by atoms with Crippen LogP contribution in [-0.4, -0.2) is 23.7 Å². The largest absolute Gasteiger partial charge is 0.507 e. The molecule has 2 aromatic carbocycles. The van der Waals surface area contributed by atoms with Gasteiger partial charge in [0.25, 0.3) is 0 Å². The minimum Gasteiger partial charge on any atom is -0.507 e. The van der Waals surface area contributed by atoms with E-state index in [9.17, 15) is 14.7 Å². The van der Waals surface area contributed by atoms with Crippen LogP contribution < -0.4 is 4.74 Å². The molecule has 132 valence electrons. The van der Waals surface area contributed by atoms with Gasteiger partial charge in [-0.1, -0.05) is 32.4 Å². The highest BCUT2D eigenvalue weighted by Crippen LogP contribution is 2.25. The van der Waals surface area contributed by atoms with Gasteiger partial charge in [0.15, 0.2) is 0 Å². The lowest BCUT2D eigenvalue weighted by Crippen LogP contribution is -2.10. The van der Waals surface area contributed by atoms with Crippen LogP contribution in [0.15, 0.2) is 42.5 Å². The van der Waals surface area contributed by atoms with Crippen molar-refractivity contribution in [2.24, 2.45) is 0 Å². The van der Waals surface area contributed by atoms with Gasteiger partial charge in [-0.3, -0.25) is 0 Å². The lowest BCUT2D eigenvalue weighted by atomic mass is 10.0. The number of ether oxygens (including phenoxy) is 2. The summed E-state index contributed by atoms with van der Waals surface area (Å²) in [5.41, 5.74) is 1.23. The van der Waals surface area contributed by atoms with Gasteiger partial charge in [-0.2, -0.15) is 0 Å².